The molecule has 1 aliphatic carbocycles. The number of hydrogen-bond donors (Lipinski definition) is 0. The number of allylic oxidation sites excluding steroid dienone is 3. The molecular weight excluding hydrogens is 344 g/mol. The summed E-state index contributed by atoms with van der Waals surface area (Å²) in [7, 11) is 0. The van der Waals surface area contributed by atoms with Gasteiger partial charge in [0.05, 0.1) is 13.2 Å². The van der Waals surface area contributed by atoms with Crippen LogP contribution in [0.5, 0.6) is 0 Å². The normalized spacial score (nSPS) is 20.9. The first-order chi connectivity index (χ1) is 13.0. The molecule has 1 unspecified atom stereocenters. The van der Waals surface area contributed by atoms with Crippen molar-refractivity contribution in [2.45, 2.75) is 40.0 Å². The molecule has 0 N–H and O–H groups in total. The number of carbonyl (C=O) groups excluding carboxylic acids is 2. The predicted molar refractivity (Wildman–Crippen MR) is 101 cm³/mol. The molecule has 1 aromatic rings. The summed E-state index contributed by atoms with van der Waals surface area (Å²) in [6.45, 7) is 5.84. The lowest BCUT2D eigenvalue weighted by atomic mass is 9.67. The Balaban J connectivity index is 1.90. The van der Waals surface area contributed by atoms with E-state index in [9.17, 15) is 9.59 Å². The van der Waals surface area contributed by atoms with E-state index in [1.165, 1.54) is 0 Å². The van der Waals surface area contributed by atoms with Gasteiger partial charge in [0.1, 0.15) is 11.5 Å². The minimum atomic E-state index is -1.28. The van der Waals surface area contributed by atoms with Gasteiger partial charge in [0, 0.05) is 11.5 Å². The van der Waals surface area contributed by atoms with E-state index in [1.54, 1.807) is 13.8 Å². The molecule has 1 aromatic carbocycles. The average molecular weight is 370 g/mol. The van der Waals surface area contributed by atoms with Crippen molar-refractivity contribution in [2.75, 3.05) is 13.2 Å². The molecule has 27 heavy (non-hydrogen) atoms. The Labute approximate surface area is 160 Å². The quantitative estimate of drug-likeness (QED) is 0.573. The van der Waals surface area contributed by atoms with E-state index >= 15 is 0 Å². The summed E-state index contributed by atoms with van der Waals surface area (Å²) in [5, 5.41) is 0. The number of rotatable bonds is 5. The molecule has 0 amide bonds. The van der Waals surface area contributed by atoms with Gasteiger partial charge in [0.25, 0.3) is 0 Å². The van der Waals surface area contributed by atoms with E-state index in [0.717, 1.165) is 22.7 Å². The lowest BCUT2D eigenvalue weighted by Crippen LogP contribution is -2.46. The molecule has 0 radical (unpaired) electrons. The van der Waals surface area contributed by atoms with Crippen molar-refractivity contribution in [2.24, 2.45) is 11.3 Å². The summed E-state index contributed by atoms with van der Waals surface area (Å²) in [5.41, 5.74) is 0.714. The summed E-state index contributed by atoms with van der Waals surface area (Å²) in [6, 6.07) is 9.93. The maximum atomic E-state index is 12.7. The maximum absolute atomic E-state index is 12.7. The second-order valence-electron chi connectivity index (χ2n) is 6.93. The summed E-state index contributed by atoms with van der Waals surface area (Å²) in [4.78, 5) is 25.4. The van der Waals surface area contributed by atoms with E-state index in [1.807, 2.05) is 37.3 Å². The van der Waals surface area contributed by atoms with Crippen LogP contribution in [-0.4, -0.2) is 25.2 Å². The second kappa shape index (κ2) is 7.99. The highest BCUT2D eigenvalue weighted by Gasteiger charge is 2.53. The molecule has 1 fully saturated rings. The maximum Gasteiger partial charge on any atom is 0.323 e. The van der Waals surface area contributed by atoms with Gasteiger partial charge < -0.3 is 14.2 Å². The zero-order chi connectivity index (χ0) is 19.4. The molecular formula is C22H26O5. The van der Waals surface area contributed by atoms with E-state index < -0.39 is 17.4 Å². The van der Waals surface area contributed by atoms with E-state index in [-0.39, 0.29) is 25.6 Å². The molecule has 5 heteroatoms. The number of esters is 2. The molecule has 2 aliphatic rings. The van der Waals surface area contributed by atoms with Gasteiger partial charge in [-0.15, -0.1) is 0 Å². The first kappa shape index (κ1) is 19.2. The third-order valence-electron chi connectivity index (χ3n) is 5.28. The predicted octanol–water partition coefficient (Wildman–Crippen LogP) is 4.24. The Bertz CT molecular complexity index is 757. The van der Waals surface area contributed by atoms with Crippen LogP contribution in [0, 0.1) is 11.3 Å². The standard InChI is InChI=1S/C22H26O5/c1-4-25-20(23)22(21(24)26-5-2)12-11-17-13-19(16-9-7-6-8-10-16)27-15(3)18(17)14-22/h6-10,13,17H,4-5,11-12,14H2,1-3H3. The molecule has 1 atom stereocenters. The van der Waals surface area contributed by atoms with Crippen LogP contribution in [0.3, 0.4) is 0 Å². The van der Waals surface area contributed by atoms with Crippen molar-refractivity contribution in [3.63, 3.8) is 0 Å². The highest BCUT2D eigenvalue weighted by atomic mass is 16.6. The number of ether oxygens (including phenoxy) is 3. The lowest BCUT2D eigenvalue weighted by Gasteiger charge is -2.39. The fourth-order valence-electron chi connectivity index (χ4n) is 3.87. The zero-order valence-electron chi connectivity index (χ0n) is 16.1. The first-order valence-electron chi connectivity index (χ1n) is 9.51. The number of fused-ring (bicyclic) bond motifs is 1. The van der Waals surface area contributed by atoms with Gasteiger partial charge >= 0.3 is 11.9 Å². The summed E-state index contributed by atoms with van der Waals surface area (Å²) >= 11 is 0. The van der Waals surface area contributed by atoms with Crippen LogP contribution < -0.4 is 0 Å². The second-order valence-corrected chi connectivity index (χ2v) is 6.93. The van der Waals surface area contributed by atoms with Gasteiger partial charge in [0.15, 0.2) is 5.41 Å². The minimum absolute atomic E-state index is 0.144. The largest absolute Gasteiger partial charge is 0.465 e. The van der Waals surface area contributed by atoms with Gasteiger partial charge in [0.2, 0.25) is 0 Å². The summed E-state index contributed by atoms with van der Waals surface area (Å²) in [5.74, 6) is 0.714. The molecule has 3 rings (SSSR count). The van der Waals surface area contributed by atoms with E-state index in [4.69, 9.17) is 14.2 Å². The van der Waals surface area contributed by atoms with Crippen LogP contribution in [0.25, 0.3) is 5.76 Å². The molecule has 0 bridgehead atoms. The number of carbonyl (C=O) groups is 2. The molecule has 1 saturated carbocycles. The first-order valence-corrected chi connectivity index (χ1v) is 9.51. The van der Waals surface area contributed by atoms with Crippen molar-refractivity contribution in [1.82, 2.24) is 0 Å². The van der Waals surface area contributed by atoms with Crippen LogP contribution in [0.15, 0.2) is 47.7 Å². The minimum Gasteiger partial charge on any atom is -0.465 e. The molecule has 1 heterocycles. The van der Waals surface area contributed by atoms with Gasteiger partial charge in [-0.1, -0.05) is 30.3 Å². The monoisotopic (exact) mass is 370 g/mol. The lowest BCUT2D eigenvalue weighted by molar-refractivity contribution is -0.174. The number of benzene rings is 1. The van der Waals surface area contributed by atoms with Gasteiger partial charge in [-0.25, -0.2) is 0 Å². The smallest absolute Gasteiger partial charge is 0.323 e. The Hall–Kier alpha value is -2.56. The SMILES string of the molecule is CCOC(=O)C1(C(=O)OCC)CCC2C=C(c3ccccc3)OC(C)=C2C1. The van der Waals surface area contributed by atoms with Crippen molar-refractivity contribution in [1.29, 1.82) is 0 Å². The van der Waals surface area contributed by atoms with E-state index in [2.05, 4.69) is 6.08 Å². The van der Waals surface area contributed by atoms with Crippen molar-refractivity contribution in [3.8, 4) is 0 Å². The van der Waals surface area contributed by atoms with Crippen molar-refractivity contribution >= 4 is 17.7 Å². The van der Waals surface area contributed by atoms with Gasteiger partial charge in [-0.3, -0.25) is 9.59 Å². The Morgan fingerprint density at radius 2 is 1.74 bits per heavy atom. The molecule has 144 valence electrons. The van der Waals surface area contributed by atoms with Crippen LogP contribution >= 0.6 is 0 Å². The average Bonchev–Trinajstić information content (AvgIpc) is 2.68. The third kappa shape index (κ3) is 3.64. The summed E-state index contributed by atoms with van der Waals surface area (Å²) < 4.78 is 16.5. The van der Waals surface area contributed by atoms with Crippen molar-refractivity contribution in [3.05, 3.63) is 53.3 Å². The third-order valence-corrected chi connectivity index (χ3v) is 5.28. The fourth-order valence-corrected chi connectivity index (χ4v) is 3.87. The molecule has 5 nitrogen and oxygen atoms in total. The van der Waals surface area contributed by atoms with Crippen LogP contribution in [0.4, 0.5) is 0 Å². The van der Waals surface area contributed by atoms with Gasteiger partial charge in [-0.05, 0) is 51.7 Å². The Kier molecular flexibility index (Phi) is 5.68. The Morgan fingerprint density at radius 3 is 2.33 bits per heavy atom. The van der Waals surface area contributed by atoms with Gasteiger partial charge in [-0.2, -0.15) is 0 Å². The molecule has 0 saturated heterocycles. The Morgan fingerprint density at radius 1 is 1.11 bits per heavy atom. The number of hydrogen-bond acceptors (Lipinski definition) is 5. The highest BCUT2D eigenvalue weighted by molar-refractivity contribution is 6.00. The summed E-state index contributed by atoms with van der Waals surface area (Å²) in [6.07, 6.45) is 3.45. The van der Waals surface area contributed by atoms with Crippen molar-refractivity contribution < 1.29 is 23.8 Å². The van der Waals surface area contributed by atoms with E-state index in [0.29, 0.717) is 12.8 Å². The van der Waals surface area contributed by atoms with Crippen LogP contribution in [0.2, 0.25) is 0 Å². The zero-order valence-corrected chi connectivity index (χ0v) is 16.1. The van der Waals surface area contributed by atoms with Crippen LogP contribution in [-0.2, 0) is 23.8 Å². The van der Waals surface area contributed by atoms with Crippen LogP contribution in [0.1, 0.15) is 45.6 Å². The topological polar surface area (TPSA) is 61.8 Å². The highest BCUT2D eigenvalue weighted by Crippen LogP contribution is 2.48. The fraction of sp³-hybridized carbons (Fsp3) is 0.455. The molecule has 0 spiro atoms. The molecule has 0 aromatic heterocycles. The molecule has 1 aliphatic heterocycles.